The monoisotopic (exact) mass is 219 g/mol. The van der Waals surface area contributed by atoms with Crippen molar-refractivity contribution in [1.29, 1.82) is 0 Å². The molecule has 0 bridgehead atoms. The van der Waals surface area contributed by atoms with Crippen LogP contribution < -0.4 is 5.32 Å². The van der Waals surface area contributed by atoms with Gasteiger partial charge in [0.1, 0.15) is 5.60 Å². The number of aliphatic hydroxyl groups excluding tert-OH is 1. The van der Waals surface area contributed by atoms with Crippen molar-refractivity contribution >= 4 is 6.09 Å². The van der Waals surface area contributed by atoms with Gasteiger partial charge in [-0.1, -0.05) is 0 Å². The van der Waals surface area contributed by atoms with Gasteiger partial charge in [-0.05, 0) is 27.2 Å². The fraction of sp³-hybridized carbons (Fsp3) is 0.900. The third-order valence-corrected chi connectivity index (χ3v) is 1.61. The summed E-state index contributed by atoms with van der Waals surface area (Å²) >= 11 is 0. The molecule has 0 heterocycles. The molecule has 0 aromatic carbocycles. The molecule has 0 aromatic heterocycles. The molecule has 0 aromatic rings. The van der Waals surface area contributed by atoms with Gasteiger partial charge < -0.3 is 19.9 Å². The van der Waals surface area contributed by atoms with Gasteiger partial charge in [0.05, 0.1) is 12.6 Å². The minimum atomic E-state index is -0.522. The zero-order chi connectivity index (χ0) is 11.9. The predicted molar refractivity (Wildman–Crippen MR) is 56.7 cm³/mol. The standard InChI is InChI=1S/C10H21NO4/c1-10(2,3)15-9(13)11-8(7-12)5-6-14-4/h8,12H,5-7H2,1-4H3,(H,11,13)/t8-/m0/s1. The number of hydrogen-bond acceptors (Lipinski definition) is 4. The van der Waals surface area contributed by atoms with Gasteiger partial charge in [-0.3, -0.25) is 0 Å². The SMILES string of the molecule is COCC[C@@H](CO)NC(=O)OC(C)(C)C. The number of methoxy groups -OCH3 is 1. The van der Waals surface area contributed by atoms with Crippen molar-refractivity contribution in [3.05, 3.63) is 0 Å². The summed E-state index contributed by atoms with van der Waals surface area (Å²) in [4.78, 5) is 11.3. The first-order valence-corrected chi connectivity index (χ1v) is 4.98. The number of rotatable bonds is 5. The third-order valence-electron chi connectivity index (χ3n) is 1.61. The van der Waals surface area contributed by atoms with Crippen LogP contribution in [0, 0.1) is 0 Å². The number of alkyl carbamates (subject to hydrolysis) is 1. The van der Waals surface area contributed by atoms with Gasteiger partial charge in [0.25, 0.3) is 0 Å². The van der Waals surface area contributed by atoms with E-state index in [1.54, 1.807) is 27.9 Å². The van der Waals surface area contributed by atoms with Gasteiger partial charge in [-0.25, -0.2) is 4.79 Å². The van der Waals surface area contributed by atoms with Crippen LogP contribution in [0.25, 0.3) is 0 Å². The molecule has 0 unspecified atom stereocenters. The van der Waals surface area contributed by atoms with Crippen molar-refractivity contribution in [2.24, 2.45) is 0 Å². The molecule has 0 aliphatic heterocycles. The van der Waals surface area contributed by atoms with E-state index in [1.807, 2.05) is 0 Å². The van der Waals surface area contributed by atoms with Gasteiger partial charge >= 0.3 is 6.09 Å². The maximum absolute atomic E-state index is 11.3. The van der Waals surface area contributed by atoms with E-state index in [9.17, 15) is 4.79 Å². The molecule has 0 spiro atoms. The van der Waals surface area contributed by atoms with Crippen LogP contribution in [0.5, 0.6) is 0 Å². The summed E-state index contributed by atoms with van der Waals surface area (Å²) in [5.74, 6) is 0. The lowest BCUT2D eigenvalue weighted by atomic mass is 10.2. The lowest BCUT2D eigenvalue weighted by molar-refractivity contribution is 0.0466. The Kier molecular flexibility index (Phi) is 6.27. The predicted octanol–water partition coefficient (Wildman–Crippen LogP) is 0.908. The third kappa shape index (κ3) is 8.20. The van der Waals surface area contributed by atoms with Crippen molar-refractivity contribution in [2.45, 2.75) is 38.8 Å². The zero-order valence-electron chi connectivity index (χ0n) is 9.87. The Hall–Kier alpha value is -0.810. The zero-order valence-corrected chi connectivity index (χ0v) is 9.87. The van der Waals surface area contributed by atoms with Crippen LogP contribution in [0.2, 0.25) is 0 Å². The van der Waals surface area contributed by atoms with E-state index in [-0.39, 0.29) is 12.6 Å². The number of ether oxygens (including phenoxy) is 2. The highest BCUT2D eigenvalue weighted by atomic mass is 16.6. The first-order valence-electron chi connectivity index (χ1n) is 4.98. The van der Waals surface area contributed by atoms with Crippen molar-refractivity contribution in [3.8, 4) is 0 Å². The van der Waals surface area contributed by atoms with E-state index >= 15 is 0 Å². The number of aliphatic hydroxyl groups is 1. The van der Waals surface area contributed by atoms with Gasteiger partial charge in [0, 0.05) is 13.7 Å². The Balaban J connectivity index is 3.91. The van der Waals surface area contributed by atoms with Crippen LogP contribution >= 0.6 is 0 Å². The number of nitrogens with one attached hydrogen (secondary N) is 1. The second-order valence-electron chi connectivity index (χ2n) is 4.31. The van der Waals surface area contributed by atoms with Crippen LogP contribution in [0.3, 0.4) is 0 Å². The Bertz CT molecular complexity index is 188. The molecule has 0 aliphatic carbocycles. The van der Waals surface area contributed by atoms with Crippen LogP contribution in [0.15, 0.2) is 0 Å². The average Bonchev–Trinajstić information content (AvgIpc) is 2.09. The molecular formula is C10H21NO4. The lowest BCUT2D eigenvalue weighted by Gasteiger charge is -2.22. The molecular weight excluding hydrogens is 198 g/mol. The molecule has 1 atom stereocenters. The molecule has 0 aliphatic rings. The molecule has 0 rings (SSSR count). The summed E-state index contributed by atoms with van der Waals surface area (Å²) in [5.41, 5.74) is -0.522. The number of carbonyl (C=O) groups excluding carboxylic acids is 1. The number of carbonyl (C=O) groups is 1. The summed E-state index contributed by atoms with van der Waals surface area (Å²) in [6.45, 7) is 5.73. The average molecular weight is 219 g/mol. The smallest absolute Gasteiger partial charge is 0.407 e. The minimum absolute atomic E-state index is 0.122. The molecule has 90 valence electrons. The van der Waals surface area contributed by atoms with Crippen LogP contribution in [0.4, 0.5) is 4.79 Å². The molecule has 5 heteroatoms. The second-order valence-corrected chi connectivity index (χ2v) is 4.31. The maximum Gasteiger partial charge on any atom is 0.407 e. The molecule has 0 saturated heterocycles. The summed E-state index contributed by atoms with van der Waals surface area (Å²) in [6.07, 6.45) is 0.0457. The van der Waals surface area contributed by atoms with Gasteiger partial charge in [-0.15, -0.1) is 0 Å². The summed E-state index contributed by atoms with van der Waals surface area (Å²) in [7, 11) is 1.57. The summed E-state index contributed by atoms with van der Waals surface area (Å²) < 4.78 is 9.90. The van der Waals surface area contributed by atoms with E-state index in [0.29, 0.717) is 13.0 Å². The van der Waals surface area contributed by atoms with E-state index in [2.05, 4.69) is 5.32 Å². The molecule has 15 heavy (non-hydrogen) atoms. The highest BCUT2D eigenvalue weighted by Crippen LogP contribution is 2.07. The molecule has 1 amide bonds. The van der Waals surface area contributed by atoms with Crippen molar-refractivity contribution in [1.82, 2.24) is 5.32 Å². The Morgan fingerprint density at radius 3 is 2.47 bits per heavy atom. The molecule has 0 saturated carbocycles. The van der Waals surface area contributed by atoms with Crippen molar-refractivity contribution < 1.29 is 19.4 Å². The maximum atomic E-state index is 11.3. The molecule has 2 N–H and O–H groups in total. The van der Waals surface area contributed by atoms with Crippen LogP contribution in [-0.4, -0.2) is 43.2 Å². The topological polar surface area (TPSA) is 67.8 Å². The quantitative estimate of drug-likeness (QED) is 0.721. The molecule has 0 radical (unpaired) electrons. The first-order chi connectivity index (χ1) is 6.89. The van der Waals surface area contributed by atoms with E-state index in [0.717, 1.165) is 0 Å². The second kappa shape index (κ2) is 6.63. The Morgan fingerprint density at radius 2 is 2.07 bits per heavy atom. The van der Waals surface area contributed by atoms with Crippen LogP contribution in [-0.2, 0) is 9.47 Å². The fourth-order valence-electron chi connectivity index (χ4n) is 0.943. The van der Waals surface area contributed by atoms with E-state index < -0.39 is 11.7 Å². The van der Waals surface area contributed by atoms with Gasteiger partial charge in [0.2, 0.25) is 0 Å². The van der Waals surface area contributed by atoms with Crippen LogP contribution in [0.1, 0.15) is 27.2 Å². The normalized spacial score (nSPS) is 13.4. The highest BCUT2D eigenvalue weighted by Gasteiger charge is 2.18. The lowest BCUT2D eigenvalue weighted by Crippen LogP contribution is -2.41. The molecule has 0 fully saturated rings. The summed E-state index contributed by atoms with van der Waals surface area (Å²) in [5, 5.41) is 11.5. The molecule has 5 nitrogen and oxygen atoms in total. The minimum Gasteiger partial charge on any atom is -0.444 e. The number of amides is 1. The Morgan fingerprint density at radius 1 is 1.47 bits per heavy atom. The van der Waals surface area contributed by atoms with E-state index in [1.165, 1.54) is 0 Å². The van der Waals surface area contributed by atoms with Crippen molar-refractivity contribution in [2.75, 3.05) is 20.3 Å². The fourth-order valence-corrected chi connectivity index (χ4v) is 0.943. The van der Waals surface area contributed by atoms with Gasteiger partial charge in [-0.2, -0.15) is 0 Å². The number of hydrogen-bond donors (Lipinski definition) is 2. The first kappa shape index (κ1) is 14.2. The Labute approximate surface area is 90.8 Å². The van der Waals surface area contributed by atoms with Crippen molar-refractivity contribution in [3.63, 3.8) is 0 Å². The largest absolute Gasteiger partial charge is 0.444 e. The highest BCUT2D eigenvalue weighted by molar-refractivity contribution is 5.68. The summed E-state index contributed by atoms with van der Waals surface area (Å²) in [6, 6.07) is -0.320. The van der Waals surface area contributed by atoms with Gasteiger partial charge in [0.15, 0.2) is 0 Å². The van der Waals surface area contributed by atoms with E-state index in [4.69, 9.17) is 14.6 Å².